The number of non-ortho nitro benzene ring substituents is 1. The van der Waals surface area contributed by atoms with E-state index in [1.165, 1.54) is 24.3 Å². The maximum Gasteiger partial charge on any atom is 0.305 e. The summed E-state index contributed by atoms with van der Waals surface area (Å²) in [6, 6.07) is 5.07. The number of carbonyl (C=O) groups is 1. The van der Waals surface area contributed by atoms with Crippen molar-refractivity contribution in [3.05, 3.63) is 34.4 Å². The molecule has 0 unspecified atom stereocenters. The molecular formula is C20H29NO9. The van der Waals surface area contributed by atoms with Gasteiger partial charge in [0.15, 0.2) is 0 Å². The molecule has 1 saturated heterocycles. The van der Waals surface area contributed by atoms with Gasteiger partial charge in [0.2, 0.25) is 6.29 Å². The Kier molecular flexibility index (Phi) is 9.44. The number of hydrogen-bond acceptors (Lipinski definition) is 9. The van der Waals surface area contributed by atoms with Gasteiger partial charge in [0.1, 0.15) is 36.8 Å². The summed E-state index contributed by atoms with van der Waals surface area (Å²) >= 11 is 0. The molecule has 5 atom stereocenters. The molecule has 1 heterocycles. The van der Waals surface area contributed by atoms with E-state index in [0.29, 0.717) is 6.42 Å². The van der Waals surface area contributed by atoms with Crippen LogP contribution in [0.5, 0.6) is 5.75 Å². The van der Waals surface area contributed by atoms with Crippen molar-refractivity contribution in [2.24, 2.45) is 0 Å². The fourth-order valence-electron chi connectivity index (χ4n) is 3.05. The molecule has 1 aliphatic heterocycles. The molecule has 168 valence electrons. The third-order valence-electron chi connectivity index (χ3n) is 4.86. The molecule has 0 spiro atoms. The van der Waals surface area contributed by atoms with Crippen molar-refractivity contribution in [2.45, 2.75) is 76.2 Å². The molecule has 1 aliphatic rings. The molecule has 10 heteroatoms. The highest BCUT2D eigenvalue weighted by molar-refractivity contribution is 5.69. The number of esters is 1. The average molecular weight is 427 g/mol. The highest BCUT2D eigenvalue weighted by Gasteiger charge is 2.45. The zero-order valence-electron chi connectivity index (χ0n) is 16.9. The number of ether oxygens (including phenoxy) is 3. The first-order chi connectivity index (χ1) is 14.3. The summed E-state index contributed by atoms with van der Waals surface area (Å²) < 4.78 is 16.1. The first kappa shape index (κ1) is 24.0. The highest BCUT2D eigenvalue weighted by Crippen LogP contribution is 2.26. The van der Waals surface area contributed by atoms with Crippen molar-refractivity contribution < 1.29 is 39.2 Å². The van der Waals surface area contributed by atoms with Gasteiger partial charge in [-0.25, -0.2) is 0 Å². The third kappa shape index (κ3) is 6.91. The van der Waals surface area contributed by atoms with Crippen LogP contribution < -0.4 is 4.74 Å². The Hall–Kier alpha value is -2.27. The molecular weight excluding hydrogens is 398 g/mol. The van der Waals surface area contributed by atoms with Gasteiger partial charge in [-0.1, -0.05) is 32.6 Å². The molecule has 0 bridgehead atoms. The van der Waals surface area contributed by atoms with Gasteiger partial charge in [-0.2, -0.15) is 0 Å². The Balaban J connectivity index is 1.87. The van der Waals surface area contributed by atoms with Gasteiger partial charge in [0.05, 0.1) is 4.92 Å². The number of unbranched alkanes of at least 4 members (excludes halogenated alkanes) is 4. The molecule has 1 fully saturated rings. The van der Waals surface area contributed by atoms with Gasteiger partial charge in [-0.05, 0) is 18.6 Å². The molecule has 0 saturated carbocycles. The second-order valence-electron chi connectivity index (χ2n) is 7.23. The first-order valence-electron chi connectivity index (χ1n) is 10.1. The summed E-state index contributed by atoms with van der Waals surface area (Å²) in [5, 5.41) is 41.0. The van der Waals surface area contributed by atoms with Crippen LogP contribution in [0.2, 0.25) is 0 Å². The van der Waals surface area contributed by atoms with E-state index >= 15 is 0 Å². The van der Waals surface area contributed by atoms with E-state index in [1.54, 1.807) is 0 Å². The quantitative estimate of drug-likeness (QED) is 0.207. The SMILES string of the molecule is CCCCCCCC(=O)OC[C@H]1O[C@@H](Oc2ccc([N+](=O)[O-])cc2)[C@H](O)[C@@H](O)[C@@H]1O. The average Bonchev–Trinajstić information content (AvgIpc) is 2.73. The van der Waals surface area contributed by atoms with E-state index in [1.807, 2.05) is 0 Å². The van der Waals surface area contributed by atoms with E-state index in [-0.39, 0.29) is 24.5 Å². The van der Waals surface area contributed by atoms with E-state index in [9.17, 15) is 30.2 Å². The summed E-state index contributed by atoms with van der Waals surface area (Å²) in [6.45, 7) is 1.80. The summed E-state index contributed by atoms with van der Waals surface area (Å²) in [5.74, 6) is -0.271. The van der Waals surface area contributed by atoms with Crippen molar-refractivity contribution in [1.29, 1.82) is 0 Å². The van der Waals surface area contributed by atoms with Gasteiger partial charge in [-0.15, -0.1) is 0 Å². The van der Waals surface area contributed by atoms with Crippen molar-refractivity contribution in [3.63, 3.8) is 0 Å². The molecule has 1 aromatic rings. The number of aliphatic hydroxyl groups is 3. The number of nitro groups is 1. The Bertz CT molecular complexity index is 681. The van der Waals surface area contributed by atoms with Crippen molar-refractivity contribution in [3.8, 4) is 5.75 Å². The minimum Gasteiger partial charge on any atom is -0.463 e. The molecule has 0 radical (unpaired) electrons. The van der Waals surface area contributed by atoms with Gasteiger partial charge in [0.25, 0.3) is 5.69 Å². The summed E-state index contributed by atoms with van der Waals surface area (Å²) in [7, 11) is 0. The molecule has 0 amide bonds. The zero-order chi connectivity index (χ0) is 22.1. The predicted octanol–water partition coefficient (Wildman–Crippen LogP) is 1.68. The zero-order valence-corrected chi connectivity index (χ0v) is 16.9. The Morgan fingerprint density at radius 2 is 1.73 bits per heavy atom. The van der Waals surface area contributed by atoms with Crippen LogP contribution in [0.15, 0.2) is 24.3 Å². The molecule has 0 aromatic heterocycles. The predicted molar refractivity (Wildman–Crippen MR) is 105 cm³/mol. The molecule has 10 nitrogen and oxygen atoms in total. The fraction of sp³-hybridized carbons (Fsp3) is 0.650. The number of nitro benzene ring substituents is 1. The van der Waals surface area contributed by atoms with E-state index < -0.39 is 41.6 Å². The summed E-state index contributed by atoms with van der Waals surface area (Å²) in [4.78, 5) is 22.0. The summed E-state index contributed by atoms with van der Waals surface area (Å²) in [6.07, 6.45) is -1.92. The van der Waals surface area contributed by atoms with E-state index in [4.69, 9.17) is 14.2 Å². The minimum absolute atomic E-state index is 0.137. The smallest absolute Gasteiger partial charge is 0.305 e. The molecule has 2 rings (SSSR count). The second kappa shape index (κ2) is 11.8. The third-order valence-corrected chi connectivity index (χ3v) is 4.86. The van der Waals surface area contributed by atoms with Crippen LogP contribution in [-0.4, -0.2) is 63.5 Å². The second-order valence-corrected chi connectivity index (χ2v) is 7.23. The lowest BCUT2D eigenvalue weighted by Gasteiger charge is -2.39. The van der Waals surface area contributed by atoms with Crippen LogP contribution in [0.3, 0.4) is 0 Å². The Morgan fingerprint density at radius 1 is 1.07 bits per heavy atom. The van der Waals surface area contributed by atoms with Crippen LogP contribution in [0, 0.1) is 10.1 Å². The molecule has 3 N–H and O–H groups in total. The van der Waals surface area contributed by atoms with Gasteiger partial charge < -0.3 is 29.5 Å². The van der Waals surface area contributed by atoms with Crippen molar-refractivity contribution in [1.82, 2.24) is 0 Å². The normalized spacial score (nSPS) is 26.2. The molecule has 30 heavy (non-hydrogen) atoms. The van der Waals surface area contributed by atoms with Crippen LogP contribution in [0.4, 0.5) is 5.69 Å². The largest absolute Gasteiger partial charge is 0.463 e. The number of rotatable bonds is 11. The van der Waals surface area contributed by atoms with Crippen LogP contribution in [0.25, 0.3) is 0 Å². The molecule has 0 aliphatic carbocycles. The van der Waals surface area contributed by atoms with Crippen LogP contribution in [0.1, 0.15) is 45.4 Å². The number of hydrogen-bond donors (Lipinski definition) is 3. The molecule has 1 aromatic carbocycles. The lowest BCUT2D eigenvalue weighted by atomic mass is 9.99. The first-order valence-corrected chi connectivity index (χ1v) is 10.1. The Morgan fingerprint density at radius 3 is 2.37 bits per heavy atom. The monoisotopic (exact) mass is 427 g/mol. The fourth-order valence-corrected chi connectivity index (χ4v) is 3.05. The van der Waals surface area contributed by atoms with Crippen LogP contribution in [-0.2, 0) is 14.3 Å². The number of benzene rings is 1. The van der Waals surface area contributed by atoms with E-state index in [0.717, 1.165) is 25.7 Å². The van der Waals surface area contributed by atoms with Crippen molar-refractivity contribution >= 4 is 11.7 Å². The van der Waals surface area contributed by atoms with Crippen LogP contribution >= 0.6 is 0 Å². The Labute approximate surface area is 174 Å². The highest BCUT2D eigenvalue weighted by atomic mass is 16.7. The number of carbonyl (C=O) groups excluding carboxylic acids is 1. The van der Waals surface area contributed by atoms with Gasteiger partial charge in [0, 0.05) is 18.6 Å². The van der Waals surface area contributed by atoms with Crippen molar-refractivity contribution in [2.75, 3.05) is 6.61 Å². The lowest BCUT2D eigenvalue weighted by Crippen LogP contribution is -2.60. The topological polar surface area (TPSA) is 149 Å². The minimum atomic E-state index is -1.58. The summed E-state index contributed by atoms with van der Waals surface area (Å²) in [5.41, 5.74) is -0.137. The number of aliphatic hydroxyl groups excluding tert-OH is 3. The number of nitrogens with zero attached hydrogens (tertiary/aromatic N) is 1. The standard InChI is InChI=1S/C20H29NO9/c1-2-3-4-5-6-7-16(22)28-12-15-17(23)18(24)19(25)20(30-15)29-14-10-8-13(9-11-14)21(26)27/h8-11,15,17-20,23-25H,2-7,12H2,1H3/t15-,17-,18+,19-,20-/m1/s1. The van der Waals surface area contributed by atoms with E-state index in [2.05, 4.69) is 6.92 Å². The maximum absolute atomic E-state index is 11.9. The van der Waals surface area contributed by atoms with Gasteiger partial charge in [-0.3, -0.25) is 14.9 Å². The van der Waals surface area contributed by atoms with Gasteiger partial charge >= 0.3 is 5.97 Å². The maximum atomic E-state index is 11.9. The lowest BCUT2D eigenvalue weighted by molar-refractivity contribution is -0.384.